The molecule has 27 heavy (non-hydrogen) atoms. The summed E-state index contributed by atoms with van der Waals surface area (Å²) in [5.41, 5.74) is 1.52. The van der Waals surface area contributed by atoms with Crippen molar-refractivity contribution in [1.29, 1.82) is 0 Å². The maximum Gasteiger partial charge on any atom is 0.191 e. The van der Waals surface area contributed by atoms with Crippen molar-refractivity contribution in [3.8, 4) is 0 Å². The van der Waals surface area contributed by atoms with E-state index >= 15 is 0 Å². The quantitative estimate of drug-likeness (QED) is 0.369. The van der Waals surface area contributed by atoms with E-state index in [1.807, 2.05) is 18.4 Å². The van der Waals surface area contributed by atoms with Crippen LogP contribution >= 0.6 is 35.3 Å². The Balaban J connectivity index is 0.00000210. The molecule has 1 saturated heterocycles. The van der Waals surface area contributed by atoms with E-state index in [1.54, 1.807) is 4.88 Å². The van der Waals surface area contributed by atoms with E-state index in [0.29, 0.717) is 18.0 Å². The molecular weight excluding hydrogens is 469 g/mol. The highest BCUT2D eigenvalue weighted by Gasteiger charge is 2.38. The van der Waals surface area contributed by atoms with Gasteiger partial charge in [-0.05, 0) is 49.1 Å². The standard InChI is InChI=1S/C20H33N5S.HI/c1-14-11-25(17-4-5-17)13-18(14)23-20(21-3)22-10-15(2)24-8-6-19-16(12-24)7-9-26-19;/h7,9,14-15,17-18H,4-6,8,10-13H2,1-3H3,(H2,21,22,23);1H. The fraction of sp³-hybridized carbons (Fsp3) is 0.750. The van der Waals surface area contributed by atoms with Crippen LogP contribution in [0.4, 0.5) is 0 Å². The molecule has 0 aromatic carbocycles. The number of guanidine groups is 1. The number of likely N-dealkylation sites (tertiary alicyclic amines) is 1. The van der Waals surface area contributed by atoms with E-state index < -0.39 is 0 Å². The molecule has 3 atom stereocenters. The van der Waals surface area contributed by atoms with Gasteiger partial charge in [-0.2, -0.15) is 0 Å². The van der Waals surface area contributed by atoms with Crippen molar-refractivity contribution in [3.05, 3.63) is 21.9 Å². The molecule has 0 amide bonds. The van der Waals surface area contributed by atoms with Gasteiger partial charge >= 0.3 is 0 Å². The predicted octanol–water partition coefficient (Wildman–Crippen LogP) is 2.76. The van der Waals surface area contributed by atoms with Gasteiger partial charge in [-0.25, -0.2) is 0 Å². The normalized spacial score (nSPS) is 27.7. The van der Waals surface area contributed by atoms with Crippen molar-refractivity contribution in [1.82, 2.24) is 20.4 Å². The summed E-state index contributed by atoms with van der Waals surface area (Å²) in [5.74, 6) is 1.64. The summed E-state index contributed by atoms with van der Waals surface area (Å²) in [6, 6.07) is 4.17. The van der Waals surface area contributed by atoms with Crippen LogP contribution in [0.25, 0.3) is 0 Å². The highest BCUT2D eigenvalue weighted by atomic mass is 127. The maximum absolute atomic E-state index is 4.48. The van der Waals surface area contributed by atoms with Crippen LogP contribution in [0.3, 0.4) is 0 Å². The summed E-state index contributed by atoms with van der Waals surface area (Å²) in [5, 5.41) is 9.48. The Morgan fingerprint density at radius 2 is 2.19 bits per heavy atom. The number of nitrogens with zero attached hydrogens (tertiary/aromatic N) is 3. The Kier molecular flexibility index (Phi) is 7.44. The number of hydrogen-bond donors (Lipinski definition) is 2. The lowest BCUT2D eigenvalue weighted by Gasteiger charge is -2.33. The Labute approximate surface area is 185 Å². The van der Waals surface area contributed by atoms with Crippen molar-refractivity contribution in [2.75, 3.05) is 33.2 Å². The lowest BCUT2D eigenvalue weighted by Crippen LogP contribution is -2.50. The van der Waals surface area contributed by atoms with E-state index in [0.717, 1.165) is 31.6 Å². The Morgan fingerprint density at radius 3 is 2.93 bits per heavy atom. The number of halogens is 1. The first kappa shape index (κ1) is 21.3. The molecule has 1 aromatic rings. The third-order valence-corrected chi connectivity index (χ3v) is 7.30. The van der Waals surface area contributed by atoms with Crippen LogP contribution in [0, 0.1) is 5.92 Å². The Hall–Kier alpha value is -0.380. The second kappa shape index (κ2) is 9.41. The number of rotatable bonds is 5. The molecule has 1 aliphatic carbocycles. The molecule has 0 bridgehead atoms. The number of aliphatic imine (C=N–C) groups is 1. The molecule has 0 radical (unpaired) electrons. The minimum Gasteiger partial charge on any atom is -0.355 e. The second-order valence-corrected chi connectivity index (χ2v) is 9.31. The summed E-state index contributed by atoms with van der Waals surface area (Å²) < 4.78 is 0. The molecule has 2 N–H and O–H groups in total. The third-order valence-electron chi connectivity index (χ3n) is 6.28. The first-order valence-electron chi connectivity index (χ1n) is 10.1. The SMILES string of the molecule is CN=C(NCC(C)N1CCc2sccc2C1)NC1CN(C2CC2)CC1C.I. The lowest BCUT2D eigenvalue weighted by atomic mass is 10.1. The van der Waals surface area contributed by atoms with Crippen molar-refractivity contribution >= 4 is 41.3 Å². The Bertz CT molecular complexity index is 644. The Morgan fingerprint density at radius 1 is 1.37 bits per heavy atom. The van der Waals surface area contributed by atoms with Crippen LogP contribution < -0.4 is 10.6 Å². The molecule has 2 aliphatic heterocycles. The molecule has 4 rings (SSSR count). The van der Waals surface area contributed by atoms with Crippen LogP contribution in [0.5, 0.6) is 0 Å². The van der Waals surface area contributed by atoms with E-state index in [4.69, 9.17) is 0 Å². The molecule has 152 valence electrons. The highest BCUT2D eigenvalue weighted by Crippen LogP contribution is 2.31. The second-order valence-electron chi connectivity index (χ2n) is 8.30. The first-order chi connectivity index (χ1) is 12.6. The monoisotopic (exact) mass is 503 g/mol. The molecule has 1 aromatic heterocycles. The number of thiophene rings is 1. The zero-order chi connectivity index (χ0) is 18.1. The molecule has 3 heterocycles. The summed E-state index contributed by atoms with van der Waals surface area (Å²) in [4.78, 5) is 11.3. The fourth-order valence-electron chi connectivity index (χ4n) is 4.32. The molecule has 5 nitrogen and oxygen atoms in total. The topological polar surface area (TPSA) is 42.9 Å². The highest BCUT2D eigenvalue weighted by molar-refractivity contribution is 14.0. The van der Waals surface area contributed by atoms with Gasteiger partial charge in [0.05, 0.1) is 0 Å². The van der Waals surface area contributed by atoms with Gasteiger partial charge in [0.2, 0.25) is 0 Å². The van der Waals surface area contributed by atoms with Crippen LogP contribution in [-0.2, 0) is 13.0 Å². The van der Waals surface area contributed by atoms with Crippen LogP contribution in [0.15, 0.2) is 16.4 Å². The largest absolute Gasteiger partial charge is 0.355 e. The van der Waals surface area contributed by atoms with Gasteiger partial charge in [0.1, 0.15) is 0 Å². The average Bonchev–Trinajstić information content (AvgIpc) is 3.28. The summed E-state index contributed by atoms with van der Waals surface area (Å²) in [6.07, 6.45) is 3.98. The van der Waals surface area contributed by atoms with E-state index in [9.17, 15) is 0 Å². The van der Waals surface area contributed by atoms with Crippen molar-refractivity contribution in [2.45, 2.75) is 57.8 Å². The van der Waals surface area contributed by atoms with Crippen LogP contribution in [0.1, 0.15) is 37.1 Å². The van der Waals surface area contributed by atoms with Crippen molar-refractivity contribution in [3.63, 3.8) is 0 Å². The van der Waals surface area contributed by atoms with Gasteiger partial charge in [-0.3, -0.25) is 14.8 Å². The maximum atomic E-state index is 4.48. The minimum absolute atomic E-state index is 0. The molecule has 0 spiro atoms. The van der Waals surface area contributed by atoms with Crippen molar-refractivity contribution < 1.29 is 0 Å². The lowest BCUT2D eigenvalue weighted by molar-refractivity contribution is 0.192. The number of fused-ring (bicyclic) bond motifs is 1. The van der Waals surface area contributed by atoms with E-state index in [1.165, 1.54) is 37.9 Å². The number of hydrogen-bond acceptors (Lipinski definition) is 4. The van der Waals surface area contributed by atoms with Crippen LogP contribution in [-0.4, -0.2) is 67.1 Å². The summed E-state index contributed by atoms with van der Waals surface area (Å²) in [6.45, 7) is 10.3. The van der Waals surface area contributed by atoms with Gasteiger partial charge < -0.3 is 10.6 Å². The first-order valence-corrected chi connectivity index (χ1v) is 11.0. The summed E-state index contributed by atoms with van der Waals surface area (Å²) in [7, 11) is 1.89. The summed E-state index contributed by atoms with van der Waals surface area (Å²) >= 11 is 1.91. The molecule has 7 heteroatoms. The van der Waals surface area contributed by atoms with Crippen molar-refractivity contribution in [2.24, 2.45) is 10.9 Å². The zero-order valence-electron chi connectivity index (χ0n) is 16.8. The average molecular weight is 503 g/mol. The number of nitrogens with one attached hydrogen (secondary N) is 2. The van der Waals surface area contributed by atoms with E-state index in [-0.39, 0.29) is 24.0 Å². The molecule has 3 aliphatic rings. The third kappa shape index (κ3) is 5.16. The van der Waals surface area contributed by atoms with Gasteiger partial charge in [0.25, 0.3) is 0 Å². The van der Waals surface area contributed by atoms with E-state index in [2.05, 4.69) is 50.7 Å². The van der Waals surface area contributed by atoms with Gasteiger partial charge in [0.15, 0.2) is 5.96 Å². The fourth-order valence-corrected chi connectivity index (χ4v) is 5.21. The van der Waals surface area contributed by atoms with Gasteiger partial charge in [0, 0.05) is 62.8 Å². The molecule has 2 fully saturated rings. The predicted molar refractivity (Wildman–Crippen MR) is 125 cm³/mol. The van der Waals surface area contributed by atoms with Gasteiger partial charge in [-0.15, -0.1) is 35.3 Å². The minimum atomic E-state index is 0. The molecular formula is C20H34IN5S. The zero-order valence-corrected chi connectivity index (χ0v) is 19.9. The van der Waals surface area contributed by atoms with Gasteiger partial charge in [-0.1, -0.05) is 6.92 Å². The molecule has 1 saturated carbocycles. The molecule has 3 unspecified atom stereocenters. The smallest absolute Gasteiger partial charge is 0.191 e. The van der Waals surface area contributed by atoms with Crippen LogP contribution in [0.2, 0.25) is 0 Å².